The molecule has 2 aromatic carbocycles. The first-order chi connectivity index (χ1) is 16.2. The van der Waals surface area contributed by atoms with E-state index in [1.54, 1.807) is 23.1 Å². The van der Waals surface area contributed by atoms with Gasteiger partial charge in [-0.05, 0) is 43.7 Å². The van der Waals surface area contributed by atoms with Crippen molar-refractivity contribution in [2.75, 3.05) is 46.3 Å². The zero-order valence-electron chi connectivity index (χ0n) is 19.5. The van der Waals surface area contributed by atoms with Gasteiger partial charge in [-0.25, -0.2) is 0 Å². The molecule has 0 spiro atoms. The number of ketones is 1. The van der Waals surface area contributed by atoms with Gasteiger partial charge in [-0.1, -0.05) is 23.2 Å². The summed E-state index contributed by atoms with van der Waals surface area (Å²) in [7, 11) is 3.00. The molecule has 2 aromatic rings. The molecule has 0 aromatic heterocycles. The van der Waals surface area contributed by atoms with Gasteiger partial charge in [0.2, 0.25) is 11.7 Å². The number of hydrogen-bond acceptors (Lipinski definition) is 7. The van der Waals surface area contributed by atoms with Crippen LogP contribution in [0.3, 0.4) is 0 Å². The normalized spacial score (nSPS) is 15.7. The second kappa shape index (κ2) is 12.0. The van der Waals surface area contributed by atoms with Crippen LogP contribution in [-0.2, 0) is 9.53 Å². The number of thioether (sulfide) groups is 1. The van der Waals surface area contributed by atoms with Crippen molar-refractivity contribution in [3.63, 3.8) is 0 Å². The number of morpholine rings is 1. The quantitative estimate of drug-likeness (QED) is 0.338. The van der Waals surface area contributed by atoms with E-state index in [0.29, 0.717) is 52.6 Å². The molecule has 1 amide bonds. The Bertz CT molecular complexity index is 1060. The fourth-order valence-corrected chi connectivity index (χ4v) is 4.98. The molecule has 1 unspecified atom stereocenters. The fourth-order valence-electron chi connectivity index (χ4n) is 3.51. The van der Waals surface area contributed by atoms with Crippen LogP contribution in [0.2, 0.25) is 10.0 Å². The molecule has 0 radical (unpaired) electrons. The van der Waals surface area contributed by atoms with E-state index in [4.69, 9.17) is 42.1 Å². The predicted octanol–water partition coefficient (Wildman–Crippen LogP) is 4.92. The zero-order chi connectivity index (χ0) is 24.8. The van der Waals surface area contributed by atoms with E-state index < -0.39 is 0 Å². The number of amides is 1. The van der Waals surface area contributed by atoms with Gasteiger partial charge >= 0.3 is 0 Å². The number of hydrogen-bond donors (Lipinski definition) is 0. The highest BCUT2D eigenvalue weighted by Crippen LogP contribution is 2.40. The number of Topliss-reactive ketones (excluding diaryl/α,β-unsaturated/α-hetero) is 1. The molecule has 1 aliphatic rings. The van der Waals surface area contributed by atoms with Gasteiger partial charge in [0.05, 0.1) is 43.7 Å². The molecule has 0 N–H and O–H groups in total. The van der Waals surface area contributed by atoms with Crippen LogP contribution in [0.25, 0.3) is 0 Å². The summed E-state index contributed by atoms with van der Waals surface area (Å²) in [5, 5.41) is 1.12. The van der Waals surface area contributed by atoms with E-state index >= 15 is 0 Å². The summed E-state index contributed by atoms with van der Waals surface area (Å²) in [4.78, 5) is 27.5. The summed E-state index contributed by atoms with van der Waals surface area (Å²) in [6.07, 6.45) is -0.361. The Balaban J connectivity index is 1.63. The third kappa shape index (κ3) is 6.30. The molecule has 0 bridgehead atoms. The predicted molar refractivity (Wildman–Crippen MR) is 133 cm³/mol. The monoisotopic (exact) mass is 527 g/mol. The second-order valence-electron chi connectivity index (χ2n) is 7.70. The Kier molecular flexibility index (Phi) is 9.36. The average molecular weight is 528 g/mol. The number of ether oxygens (including phenoxy) is 4. The van der Waals surface area contributed by atoms with Gasteiger partial charge in [0.1, 0.15) is 12.7 Å². The molecule has 1 aliphatic heterocycles. The topological polar surface area (TPSA) is 74.3 Å². The molecule has 10 heteroatoms. The highest BCUT2D eigenvalue weighted by molar-refractivity contribution is 8.00. The number of carbonyl (C=O) groups excluding carboxylic acids is 2. The van der Waals surface area contributed by atoms with Crippen molar-refractivity contribution in [3.05, 3.63) is 45.4 Å². The minimum Gasteiger partial charge on any atom is -0.493 e. The van der Waals surface area contributed by atoms with E-state index in [1.807, 2.05) is 13.0 Å². The Morgan fingerprint density at radius 2 is 1.91 bits per heavy atom. The molecule has 3 rings (SSSR count). The van der Waals surface area contributed by atoms with Crippen molar-refractivity contribution < 1.29 is 28.5 Å². The van der Waals surface area contributed by atoms with E-state index in [2.05, 4.69) is 0 Å². The number of carbonyl (C=O) groups is 2. The van der Waals surface area contributed by atoms with Crippen LogP contribution in [0, 0.1) is 6.92 Å². The molecular weight excluding hydrogens is 501 g/mol. The van der Waals surface area contributed by atoms with Crippen LogP contribution in [0.5, 0.6) is 17.2 Å². The molecule has 1 heterocycles. The van der Waals surface area contributed by atoms with Crippen LogP contribution in [0.15, 0.2) is 29.2 Å². The molecule has 1 saturated heterocycles. The Hall–Kier alpha value is -2.13. The van der Waals surface area contributed by atoms with Crippen LogP contribution in [-0.4, -0.2) is 69.0 Å². The lowest BCUT2D eigenvalue weighted by molar-refractivity contribution is -0.137. The minimum atomic E-state index is -0.361. The third-order valence-electron chi connectivity index (χ3n) is 5.35. The van der Waals surface area contributed by atoms with Crippen molar-refractivity contribution in [2.24, 2.45) is 0 Å². The van der Waals surface area contributed by atoms with Crippen LogP contribution in [0.1, 0.15) is 22.8 Å². The van der Waals surface area contributed by atoms with E-state index in [-0.39, 0.29) is 30.2 Å². The summed E-state index contributed by atoms with van der Waals surface area (Å²) >= 11 is 13.7. The third-order valence-corrected chi connectivity index (χ3v) is 7.22. The SMILES string of the molecule is COc1ccc(C(C)=O)c(OCC2CN(C(=O)CSc3cc(C)c(Cl)cc3Cl)CCO2)c1OC. The van der Waals surface area contributed by atoms with E-state index in [9.17, 15) is 9.59 Å². The number of methoxy groups -OCH3 is 2. The number of benzene rings is 2. The number of rotatable bonds is 9. The first kappa shape index (κ1) is 26.5. The Morgan fingerprint density at radius 3 is 2.59 bits per heavy atom. The molecular formula is C24H27Cl2NO6S. The number of aryl methyl sites for hydroxylation is 1. The summed E-state index contributed by atoms with van der Waals surface area (Å²) in [5.74, 6) is 1.15. The summed E-state index contributed by atoms with van der Waals surface area (Å²) in [6.45, 7) is 4.74. The highest BCUT2D eigenvalue weighted by Gasteiger charge is 2.27. The van der Waals surface area contributed by atoms with Crippen molar-refractivity contribution in [3.8, 4) is 17.2 Å². The first-order valence-electron chi connectivity index (χ1n) is 10.6. The van der Waals surface area contributed by atoms with Crippen molar-refractivity contribution in [2.45, 2.75) is 24.8 Å². The maximum absolute atomic E-state index is 12.8. The zero-order valence-corrected chi connectivity index (χ0v) is 21.8. The van der Waals surface area contributed by atoms with Crippen LogP contribution >= 0.6 is 35.0 Å². The van der Waals surface area contributed by atoms with Gasteiger partial charge in [-0.3, -0.25) is 9.59 Å². The molecule has 7 nitrogen and oxygen atoms in total. The molecule has 34 heavy (non-hydrogen) atoms. The maximum atomic E-state index is 12.8. The minimum absolute atomic E-state index is 0.0228. The number of halogens is 2. The van der Waals surface area contributed by atoms with Crippen molar-refractivity contribution in [1.82, 2.24) is 4.90 Å². The average Bonchev–Trinajstić information content (AvgIpc) is 2.83. The lowest BCUT2D eigenvalue weighted by Crippen LogP contribution is -2.48. The molecule has 184 valence electrons. The molecule has 0 aliphatic carbocycles. The summed E-state index contributed by atoms with van der Waals surface area (Å²) in [6, 6.07) is 6.87. The smallest absolute Gasteiger partial charge is 0.233 e. The standard InChI is InChI=1S/C24H27Cl2NO6S/c1-14-9-21(19(26)10-18(14)25)34-13-22(29)27-7-8-32-16(11-27)12-33-23-17(15(2)28)5-6-20(30-3)24(23)31-4/h5-6,9-10,16H,7-8,11-13H2,1-4H3. The van der Waals surface area contributed by atoms with Crippen LogP contribution in [0.4, 0.5) is 0 Å². The van der Waals surface area contributed by atoms with Gasteiger partial charge < -0.3 is 23.8 Å². The van der Waals surface area contributed by atoms with Gasteiger partial charge in [0.15, 0.2) is 17.3 Å². The van der Waals surface area contributed by atoms with E-state index in [0.717, 1.165) is 10.5 Å². The van der Waals surface area contributed by atoms with Gasteiger partial charge in [0.25, 0.3) is 0 Å². The van der Waals surface area contributed by atoms with Gasteiger partial charge in [0, 0.05) is 16.5 Å². The fraction of sp³-hybridized carbons (Fsp3) is 0.417. The Labute approximate surface area is 213 Å². The lowest BCUT2D eigenvalue weighted by Gasteiger charge is -2.33. The maximum Gasteiger partial charge on any atom is 0.233 e. The van der Waals surface area contributed by atoms with Crippen molar-refractivity contribution in [1.29, 1.82) is 0 Å². The highest BCUT2D eigenvalue weighted by atomic mass is 35.5. The lowest BCUT2D eigenvalue weighted by atomic mass is 10.1. The van der Waals surface area contributed by atoms with E-state index in [1.165, 1.54) is 32.9 Å². The molecule has 1 fully saturated rings. The summed E-state index contributed by atoms with van der Waals surface area (Å²) < 4.78 is 22.5. The van der Waals surface area contributed by atoms with Crippen LogP contribution < -0.4 is 14.2 Å². The summed E-state index contributed by atoms with van der Waals surface area (Å²) in [5.41, 5.74) is 1.29. The number of nitrogens with zero attached hydrogens (tertiary/aromatic N) is 1. The molecule has 0 saturated carbocycles. The van der Waals surface area contributed by atoms with Crippen molar-refractivity contribution >= 4 is 46.7 Å². The molecule has 1 atom stereocenters. The second-order valence-corrected chi connectivity index (χ2v) is 9.53. The largest absolute Gasteiger partial charge is 0.493 e. The first-order valence-corrected chi connectivity index (χ1v) is 12.4. The van der Waals surface area contributed by atoms with Gasteiger partial charge in [-0.2, -0.15) is 0 Å². The Morgan fingerprint density at radius 1 is 1.15 bits per heavy atom. The van der Waals surface area contributed by atoms with Gasteiger partial charge in [-0.15, -0.1) is 11.8 Å².